The van der Waals surface area contributed by atoms with E-state index < -0.39 is 0 Å². The molecule has 74 valence electrons. The first kappa shape index (κ1) is 9.20. The van der Waals surface area contributed by atoms with Gasteiger partial charge in [-0.25, -0.2) is 0 Å². The van der Waals surface area contributed by atoms with Crippen LogP contribution in [-0.4, -0.2) is 17.5 Å². The summed E-state index contributed by atoms with van der Waals surface area (Å²) in [4.78, 5) is 11.7. The van der Waals surface area contributed by atoms with Gasteiger partial charge in [-0.05, 0) is 38.0 Å². The maximum Gasteiger partial charge on any atom is 0.139 e. The molecule has 0 heterocycles. The number of fused-ring (bicyclic) bond motifs is 2. The van der Waals surface area contributed by atoms with Crippen molar-refractivity contribution in [2.45, 2.75) is 38.5 Å². The summed E-state index contributed by atoms with van der Waals surface area (Å²) in [5.74, 6) is 1.85. The van der Waals surface area contributed by atoms with Gasteiger partial charge in [0.2, 0.25) is 0 Å². The number of aliphatic hydroxyl groups is 1. The Balaban J connectivity index is 1.99. The number of hydrogen-bond donors (Lipinski definition) is 1. The Morgan fingerprint density at radius 2 is 1.85 bits per heavy atom. The Labute approximate surface area is 79.3 Å². The average Bonchev–Trinajstić information content (AvgIpc) is 2.07. The highest BCUT2D eigenvalue weighted by molar-refractivity contribution is 5.84. The summed E-state index contributed by atoms with van der Waals surface area (Å²) in [6.07, 6.45) is 6.47. The highest BCUT2D eigenvalue weighted by Gasteiger charge is 2.38. The summed E-state index contributed by atoms with van der Waals surface area (Å²) in [5.41, 5.74) is 0. The number of rotatable bonds is 2. The normalized spacial score (nSPS) is 39.2. The first-order chi connectivity index (χ1) is 6.31. The van der Waals surface area contributed by atoms with Gasteiger partial charge in [0.1, 0.15) is 5.78 Å². The largest absolute Gasteiger partial charge is 0.396 e. The van der Waals surface area contributed by atoms with Gasteiger partial charge in [-0.3, -0.25) is 4.79 Å². The lowest BCUT2D eigenvalue weighted by Gasteiger charge is -2.37. The Hall–Kier alpha value is -0.370. The van der Waals surface area contributed by atoms with Crippen molar-refractivity contribution in [1.29, 1.82) is 0 Å². The first-order valence-electron chi connectivity index (χ1n) is 5.46. The molecule has 0 aromatic rings. The van der Waals surface area contributed by atoms with Crippen molar-refractivity contribution < 1.29 is 9.90 Å². The van der Waals surface area contributed by atoms with E-state index in [1.165, 1.54) is 6.42 Å². The van der Waals surface area contributed by atoms with Gasteiger partial charge >= 0.3 is 0 Å². The smallest absolute Gasteiger partial charge is 0.139 e. The molecule has 2 unspecified atom stereocenters. The van der Waals surface area contributed by atoms with Gasteiger partial charge in [0.25, 0.3) is 0 Å². The monoisotopic (exact) mass is 182 g/mol. The van der Waals surface area contributed by atoms with E-state index in [1.54, 1.807) is 0 Å². The lowest BCUT2D eigenvalue weighted by molar-refractivity contribution is -0.133. The standard InChI is InChI=1S/C11H18O2/c12-5-4-8-6-9-2-1-3-10(7-8)11(9)13/h8-10,12H,1-7H2. The van der Waals surface area contributed by atoms with Crippen molar-refractivity contribution in [2.75, 3.05) is 6.61 Å². The Morgan fingerprint density at radius 3 is 2.38 bits per heavy atom. The lowest BCUT2D eigenvalue weighted by Crippen LogP contribution is -2.36. The third-order valence-electron chi connectivity index (χ3n) is 3.68. The zero-order chi connectivity index (χ0) is 9.26. The van der Waals surface area contributed by atoms with E-state index in [2.05, 4.69) is 0 Å². The van der Waals surface area contributed by atoms with Crippen LogP contribution < -0.4 is 0 Å². The van der Waals surface area contributed by atoms with Crippen molar-refractivity contribution >= 4 is 5.78 Å². The van der Waals surface area contributed by atoms with Crippen LogP contribution in [0, 0.1) is 17.8 Å². The van der Waals surface area contributed by atoms with E-state index >= 15 is 0 Å². The molecule has 2 atom stereocenters. The zero-order valence-electron chi connectivity index (χ0n) is 8.04. The molecule has 13 heavy (non-hydrogen) atoms. The van der Waals surface area contributed by atoms with Gasteiger partial charge in [0.15, 0.2) is 0 Å². The molecule has 2 aliphatic rings. The molecule has 0 aromatic carbocycles. The summed E-state index contributed by atoms with van der Waals surface area (Å²) in [5, 5.41) is 8.86. The highest BCUT2D eigenvalue weighted by Crippen LogP contribution is 2.40. The molecular weight excluding hydrogens is 164 g/mol. The molecule has 2 saturated carbocycles. The molecule has 0 spiro atoms. The van der Waals surface area contributed by atoms with Crippen LogP contribution in [0.5, 0.6) is 0 Å². The van der Waals surface area contributed by atoms with Crippen molar-refractivity contribution in [3.05, 3.63) is 0 Å². The predicted molar refractivity (Wildman–Crippen MR) is 50.3 cm³/mol. The van der Waals surface area contributed by atoms with Crippen LogP contribution >= 0.6 is 0 Å². The van der Waals surface area contributed by atoms with Crippen molar-refractivity contribution in [3.63, 3.8) is 0 Å². The number of aliphatic hydroxyl groups excluding tert-OH is 1. The quantitative estimate of drug-likeness (QED) is 0.706. The minimum Gasteiger partial charge on any atom is -0.396 e. The summed E-state index contributed by atoms with van der Waals surface area (Å²) >= 11 is 0. The van der Waals surface area contributed by atoms with Crippen molar-refractivity contribution in [1.82, 2.24) is 0 Å². The Kier molecular flexibility index (Phi) is 2.68. The van der Waals surface area contributed by atoms with Gasteiger partial charge in [-0.15, -0.1) is 0 Å². The number of ketones is 1. The second-order valence-corrected chi connectivity index (χ2v) is 4.58. The molecule has 2 bridgehead atoms. The molecule has 0 amide bonds. The molecule has 2 aliphatic carbocycles. The zero-order valence-corrected chi connectivity index (χ0v) is 8.04. The molecule has 0 aromatic heterocycles. The van der Waals surface area contributed by atoms with E-state index in [1.807, 2.05) is 0 Å². The second kappa shape index (κ2) is 3.79. The fraction of sp³-hybridized carbons (Fsp3) is 0.909. The number of carbonyl (C=O) groups is 1. The second-order valence-electron chi connectivity index (χ2n) is 4.58. The van der Waals surface area contributed by atoms with Crippen LogP contribution in [0.1, 0.15) is 38.5 Å². The maximum absolute atomic E-state index is 11.7. The molecule has 2 nitrogen and oxygen atoms in total. The highest BCUT2D eigenvalue weighted by atomic mass is 16.3. The van der Waals surface area contributed by atoms with Crippen molar-refractivity contribution in [3.8, 4) is 0 Å². The van der Waals surface area contributed by atoms with Gasteiger partial charge in [0, 0.05) is 18.4 Å². The fourth-order valence-electron chi connectivity index (χ4n) is 3.02. The number of carbonyl (C=O) groups excluding carboxylic acids is 1. The Morgan fingerprint density at radius 1 is 1.23 bits per heavy atom. The SMILES string of the molecule is O=C1C2CCCC1CC(CCO)C2. The minimum absolute atomic E-state index is 0.290. The van der Waals surface area contributed by atoms with E-state index in [0.29, 0.717) is 23.5 Å². The summed E-state index contributed by atoms with van der Waals surface area (Å²) < 4.78 is 0. The molecule has 2 rings (SSSR count). The van der Waals surface area contributed by atoms with Crippen LogP contribution in [0.3, 0.4) is 0 Å². The van der Waals surface area contributed by atoms with Crippen LogP contribution in [0.2, 0.25) is 0 Å². The van der Waals surface area contributed by atoms with E-state index in [9.17, 15) is 4.79 Å². The van der Waals surface area contributed by atoms with Crippen LogP contribution in [0.4, 0.5) is 0 Å². The van der Waals surface area contributed by atoms with Crippen LogP contribution in [0.25, 0.3) is 0 Å². The third-order valence-corrected chi connectivity index (χ3v) is 3.68. The van der Waals surface area contributed by atoms with Crippen molar-refractivity contribution in [2.24, 2.45) is 17.8 Å². The van der Waals surface area contributed by atoms with E-state index in [0.717, 1.165) is 32.1 Å². The summed E-state index contributed by atoms with van der Waals surface area (Å²) in [6.45, 7) is 0.290. The van der Waals surface area contributed by atoms with Gasteiger partial charge in [0.05, 0.1) is 0 Å². The molecule has 0 radical (unpaired) electrons. The van der Waals surface area contributed by atoms with E-state index in [-0.39, 0.29) is 6.61 Å². The molecule has 1 N–H and O–H groups in total. The van der Waals surface area contributed by atoms with Crippen LogP contribution in [-0.2, 0) is 4.79 Å². The summed E-state index contributed by atoms with van der Waals surface area (Å²) in [7, 11) is 0. The molecule has 0 saturated heterocycles. The topological polar surface area (TPSA) is 37.3 Å². The van der Waals surface area contributed by atoms with Gasteiger partial charge in [-0.1, -0.05) is 6.42 Å². The third kappa shape index (κ3) is 1.78. The van der Waals surface area contributed by atoms with Gasteiger partial charge < -0.3 is 5.11 Å². The maximum atomic E-state index is 11.7. The number of hydrogen-bond acceptors (Lipinski definition) is 2. The predicted octanol–water partition coefficient (Wildman–Crippen LogP) is 1.76. The van der Waals surface area contributed by atoms with Crippen LogP contribution in [0.15, 0.2) is 0 Å². The molecule has 0 aliphatic heterocycles. The number of Topliss-reactive ketones (excluding diaryl/α,β-unsaturated/α-hetero) is 1. The average molecular weight is 182 g/mol. The summed E-state index contributed by atoms with van der Waals surface area (Å²) in [6, 6.07) is 0. The lowest BCUT2D eigenvalue weighted by atomic mass is 9.66. The molecular formula is C11H18O2. The fourth-order valence-corrected chi connectivity index (χ4v) is 3.02. The molecule has 2 heteroatoms. The minimum atomic E-state index is 0.290. The first-order valence-corrected chi connectivity index (χ1v) is 5.46. The molecule has 2 fully saturated rings. The van der Waals surface area contributed by atoms with Gasteiger partial charge in [-0.2, -0.15) is 0 Å². The van der Waals surface area contributed by atoms with E-state index in [4.69, 9.17) is 5.11 Å². The Bertz CT molecular complexity index is 184.